The molecule has 0 aliphatic carbocycles. The summed E-state index contributed by atoms with van der Waals surface area (Å²) < 4.78 is 55.9. The van der Waals surface area contributed by atoms with Crippen molar-refractivity contribution < 1.29 is 27.1 Å². The zero-order valence-corrected chi connectivity index (χ0v) is 16.4. The van der Waals surface area contributed by atoms with Crippen molar-refractivity contribution in [2.45, 2.75) is 44.1 Å². The minimum absolute atomic E-state index is 0.0286. The van der Waals surface area contributed by atoms with Crippen molar-refractivity contribution >= 4 is 5.91 Å². The Morgan fingerprint density at radius 1 is 1.23 bits per heavy atom. The molecule has 2 aromatic rings. The Morgan fingerprint density at radius 3 is 2.67 bits per heavy atom. The first kappa shape index (κ1) is 20.5. The van der Waals surface area contributed by atoms with Gasteiger partial charge in [-0.2, -0.15) is 0 Å². The Labute approximate surface area is 170 Å². The van der Waals surface area contributed by atoms with Crippen molar-refractivity contribution in [1.82, 2.24) is 20.2 Å². The van der Waals surface area contributed by atoms with E-state index in [4.69, 9.17) is 0 Å². The third kappa shape index (κ3) is 3.83. The Morgan fingerprint density at radius 2 is 2.00 bits per heavy atom. The predicted molar refractivity (Wildman–Crippen MR) is 98.9 cm³/mol. The zero-order valence-electron chi connectivity index (χ0n) is 16.4. The van der Waals surface area contributed by atoms with Gasteiger partial charge < -0.3 is 9.64 Å². The number of aromatic nitrogens is 2. The quantitative estimate of drug-likeness (QED) is 0.764. The van der Waals surface area contributed by atoms with Crippen LogP contribution in [-0.2, 0) is 4.79 Å². The van der Waals surface area contributed by atoms with Gasteiger partial charge in [0.15, 0.2) is 0 Å². The second-order valence-corrected chi connectivity index (χ2v) is 7.74. The first-order chi connectivity index (χ1) is 14.1. The summed E-state index contributed by atoms with van der Waals surface area (Å²) in [6.45, 7) is 2.36. The van der Waals surface area contributed by atoms with Crippen LogP contribution in [0.3, 0.4) is 0 Å². The second kappa shape index (κ2) is 7.19. The van der Waals surface area contributed by atoms with Crippen LogP contribution in [-0.4, -0.2) is 46.3 Å². The van der Waals surface area contributed by atoms with Gasteiger partial charge in [-0.15, -0.1) is 13.2 Å². The van der Waals surface area contributed by atoms with Gasteiger partial charge in [-0.05, 0) is 50.5 Å². The summed E-state index contributed by atoms with van der Waals surface area (Å²) in [5.74, 6) is -0.849. The molecule has 10 heteroatoms. The molecule has 1 aromatic heterocycles. The molecule has 160 valence electrons. The minimum atomic E-state index is -4.88. The molecule has 2 saturated heterocycles. The molecule has 1 N–H and O–H groups in total. The van der Waals surface area contributed by atoms with Gasteiger partial charge >= 0.3 is 6.36 Å². The molecule has 6 nitrogen and oxygen atoms in total. The lowest BCUT2D eigenvalue weighted by atomic mass is 9.96. The van der Waals surface area contributed by atoms with Crippen molar-refractivity contribution in [3.8, 4) is 17.0 Å². The maximum atomic E-state index is 14.4. The number of rotatable bonds is 3. The summed E-state index contributed by atoms with van der Waals surface area (Å²) in [4.78, 5) is 23.0. The van der Waals surface area contributed by atoms with Crippen molar-refractivity contribution in [2.24, 2.45) is 0 Å². The number of carbonyl (C=O) groups is 1. The molecular formula is C20H20F4N4O2. The van der Waals surface area contributed by atoms with Crippen molar-refractivity contribution in [1.29, 1.82) is 0 Å². The topological polar surface area (TPSA) is 67.3 Å². The first-order valence-electron chi connectivity index (χ1n) is 9.51. The van der Waals surface area contributed by atoms with E-state index < -0.39 is 23.5 Å². The standard InChI is InChI=1S/C20H20F4N4O2/c1-11-9-16(13-10-12(3-4-14(13)21)30-20(22,23)24)26-17(25-11)15-5-6-19(27-15)7-8-28(2)18(19)29/h3-4,9-10,15,27H,5-8H2,1-2H3/t15-,19-/m1/s1. The molecular weight excluding hydrogens is 404 g/mol. The molecule has 4 rings (SSSR count). The molecule has 1 aromatic carbocycles. The molecule has 1 spiro atoms. The maximum absolute atomic E-state index is 14.4. The third-order valence-corrected chi connectivity index (χ3v) is 5.57. The largest absolute Gasteiger partial charge is 0.573 e. The van der Waals surface area contributed by atoms with Crippen LogP contribution >= 0.6 is 0 Å². The number of benzene rings is 1. The summed E-state index contributed by atoms with van der Waals surface area (Å²) in [5, 5.41) is 3.34. The average Bonchev–Trinajstić information content (AvgIpc) is 3.22. The predicted octanol–water partition coefficient (Wildman–Crippen LogP) is 3.52. The first-order valence-corrected chi connectivity index (χ1v) is 9.51. The number of carbonyl (C=O) groups excluding carboxylic acids is 1. The molecule has 0 radical (unpaired) electrons. The van der Waals surface area contributed by atoms with E-state index in [0.717, 1.165) is 18.2 Å². The SMILES string of the molecule is Cc1cc(-c2cc(OC(F)(F)F)ccc2F)nc([C@H]2CC[C@]3(CCN(C)C3=O)N2)n1. The lowest BCUT2D eigenvalue weighted by Crippen LogP contribution is -2.47. The van der Waals surface area contributed by atoms with Gasteiger partial charge in [0, 0.05) is 24.8 Å². The Kier molecular flexibility index (Phi) is 4.92. The summed E-state index contributed by atoms with van der Waals surface area (Å²) in [6, 6.07) is 3.97. The highest BCUT2D eigenvalue weighted by atomic mass is 19.4. The fourth-order valence-electron chi connectivity index (χ4n) is 4.14. The van der Waals surface area contributed by atoms with Crippen LogP contribution in [0.25, 0.3) is 11.3 Å². The Hall–Kier alpha value is -2.75. The molecule has 2 fully saturated rings. The average molecular weight is 424 g/mol. The van der Waals surface area contributed by atoms with Gasteiger partial charge in [0.25, 0.3) is 0 Å². The van der Waals surface area contributed by atoms with Crippen LogP contribution in [0.4, 0.5) is 17.6 Å². The number of aryl methyl sites for hydroxylation is 1. The number of likely N-dealkylation sites (N-methyl/N-ethyl adjacent to an activating group) is 1. The van der Waals surface area contributed by atoms with E-state index in [-0.39, 0.29) is 23.2 Å². The summed E-state index contributed by atoms with van der Waals surface area (Å²) in [6.07, 6.45) is -2.94. The molecule has 0 unspecified atom stereocenters. The molecule has 1 amide bonds. The van der Waals surface area contributed by atoms with Gasteiger partial charge in [0.05, 0.1) is 11.7 Å². The summed E-state index contributed by atoms with van der Waals surface area (Å²) in [5.41, 5.74) is -0.0689. The number of hydrogen-bond acceptors (Lipinski definition) is 5. The number of ether oxygens (including phenoxy) is 1. The van der Waals surface area contributed by atoms with Gasteiger partial charge in [-0.1, -0.05) is 0 Å². The van der Waals surface area contributed by atoms with Crippen LogP contribution < -0.4 is 10.1 Å². The number of alkyl halides is 3. The summed E-state index contributed by atoms with van der Waals surface area (Å²) in [7, 11) is 1.76. The van der Waals surface area contributed by atoms with Crippen LogP contribution in [0.1, 0.15) is 36.8 Å². The van der Waals surface area contributed by atoms with E-state index in [0.29, 0.717) is 37.3 Å². The number of hydrogen-bond donors (Lipinski definition) is 1. The monoisotopic (exact) mass is 424 g/mol. The van der Waals surface area contributed by atoms with Crippen molar-refractivity contribution in [2.75, 3.05) is 13.6 Å². The van der Waals surface area contributed by atoms with Crippen molar-refractivity contribution in [3.63, 3.8) is 0 Å². The van der Waals surface area contributed by atoms with E-state index in [2.05, 4.69) is 20.0 Å². The molecule has 0 saturated carbocycles. The Balaban J connectivity index is 1.65. The number of likely N-dealkylation sites (tertiary alicyclic amines) is 1. The Bertz CT molecular complexity index is 997. The van der Waals surface area contributed by atoms with Gasteiger partial charge in [-0.25, -0.2) is 14.4 Å². The highest BCUT2D eigenvalue weighted by molar-refractivity contribution is 5.88. The van der Waals surface area contributed by atoms with E-state index >= 15 is 0 Å². The summed E-state index contributed by atoms with van der Waals surface area (Å²) >= 11 is 0. The lowest BCUT2D eigenvalue weighted by molar-refractivity contribution is -0.274. The number of nitrogens with zero attached hydrogens (tertiary/aromatic N) is 3. The number of nitrogens with one attached hydrogen (secondary N) is 1. The molecule has 2 aliphatic heterocycles. The minimum Gasteiger partial charge on any atom is -0.406 e. The van der Waals surface area contributed by atoms with Crippen LogP contribution in [0.2, 0.25) is 0 Å². The second-order valence-electron chi connectivity index (χ2n) is 7.74. The number of amides is 1. The molecule has 2 aliphatic rings. The van der Waals surface area contributed by atoms with E-state index in [1.165, 1.54) is 6.07 Å². The van der Waals surface area contributed by atoms with Crippen LogP contribution in [0.15, 0.2) is 24.3 Å². The highest BCUT2D eigenvalue weighted by Crippen LogP contribution is 2.39. The smallest absolute Gasteiger partial charge is 0.406 e. The molecule has 2 atom stereocenters. The van der Waals surface area contributed by atoms with Gasteiger partial charge in [0.2, 0.25) is 5.91 Å². The fraction of sp³-hybridized carbons (Fsp3) is 0.450. The zero-order chi connectivity index (χ0) is 21.7. The molecule has 30 heavy (non-hydrogen) atoms. The van der Waals surface area contributed by atoms with E-state index in [1.807, 2.05) is 0 Å². The highest BCUT2D eigenvalue weighted by Gasteiger charge is 2.50. The number of halogens is 4. The van der Waals surface area contributed by atoms with E-state index in [9.17, 15) is 22.4 Å². The lowest BCUT2D eigenvalue weighted by Gasteiger charge is -2.23. The molecule has 3 heterocycles. The van der Waals surface area contributed by atoms with Gasteiger partial charge in [0.1, 0.15) is 22.9 Å². The third-order valence-electron chi connectivity index (χ3n) is 5.57. The molecule has 0 bridgehead atoms. The van der Waals surface area contributed by atoms with Crippen molar-refractivity contribution in [3.05, 3.63) is 41.6 Å². The van der Waals surface area contributed by atoms with Crippen LogP contribution in [0.5, 0.6) is 5.75 Å². The normalized spacial score (nSPS) is 24.1. The van der Waals surface area contributed by atoms with Gasteiger partial charge in [-0.3, -0.25) is 10.1 Å². The fourth-order valence-corrected chi connectivity index (χ4v) is 4.14. The van der Waals surface area contributed by atoms with Crippen LogP contribution in [0, 0.1) is 12.7 Å². The van der Waals surface area contributed by atoms with E-state index in [1.54, 1.807) is 18.9 Å². The maximum Gasteiger partial charge on any atom is 0.573 e.